The van der Waals surface area contributed by atoms with Crippen LogP contribution in [0.3, 0.4) is 0 Å². The van der Waals surface area contributed by atoms with Crippen molar-refractivity contribution < 1.29 is 5.11 Å². The summed E-state index contributed by atoms with van der Waals surface area (Å²) >= 11 is 7.39. The molecule has 104 valence electrons. The highest BCUT2D eigenvalue weighted by atomic mass is 35.5. The summed E-state index contributed by atoms with van der Waals surface area (Å²) < 4.78 is 5.65. The zero-order valence-electron chi connectivity index (χ0n) is 11.1. The van der Waals surface area contributed by atoms with Crippen molar-refractivity contribution in [2.24, 2.45) is 0 Å². The van der Waals surface area contributed by atoms with Gasteiger partial charge in [-0.3, -0.25) is 0 Å². The predicted molar refractivity (Wildman–Crippen MR) is 88.6 cm³/mol. The minimum Gasteiger partial charge on any atom is -0.395 e. The molecular formula is C17H12ClNOS. The molecule has 0 spiro atoms. The Hall–Kier alpha value is -1.86. The quantitative estimate of drug-likeness (QED) is 0.713. The van der Waals surface area contributed by atoms with Crippen LogP contribution in [0.2, 0.25) is 5.02 Å². The molecule has 0 aliphatic carbocycles. The molecule has 1 N–H and O–H groups in total. The fraction of sp³-hybridized carbons (Fsp3) is 0.118. The van der Waals surface area contributed by atoms with Crippen LogP contribution in [-0.2, 0) is 0 Å². The van der Waals surface area contributed by atoms with Crippen molar-refractivity contribution in [1.82, 2.24) is 4.37 Å². The fourth-order valence-electron chi connectivity index (χ4n) is 2.05. The van der Waals surface area contributed by atoms with E-state index in [2.05, 4.69) is 16.2 Å². The molecular weight excluding hydrogens is 302 g/mol. The van der Waals surface area contributed by atoms with Gasteiger partial charge in [0.15, 0.2) is 0 Å². The lowest BCUT2D eigenvalue weighted by Crippen LogP contribution is -1.79. The number of aliphatic hydroxyl groups excluding tert-OH is 1. The van der Waals surface area contributed by atoms with Crippen LogP contribution < -0.4 is 0 Å². The van der Waals surface area contributed by atoms with Crippen LogP contribution in [-0.4, -0.2) is 16.1 Å². The molecule has 4 heteroatoms. The van der Waals surface area contributed by atoms with E-state index in [1.807, 2.05) is 42.5 Å². The van der Waals surface area contributed by atoms with Gasteiger partial charge in [0.25, 0.3) is 0 Å². The molecule has 0 saturated heterocycles. The summed E-state index contributed by atoms with van der Waals surface area (Å²) in [6, 6.07) is 13.8. The number of nitrogens with zero attached hydrogens (tertiary/aromatic N) is 1. The van der Waals surface area contributed by atoms with Crippen molar-refractivity contribution in [2.45, 2.75) is 6.42 Å². The Balaban J connectivity index is 2.00. The molecule has 1 aromatic heterocycles. The number of fused-ring (bicyclic) bond motifs is 1. The molecule has 0 bridgehead atoms. The molecule has 0 saturated carbocycles. The van der Waals surface area contributed by atoms with Crippen molar-refractivity contribution >= 4 is 33.2 Å². The average molecular weight is 314 g/mol. The van der Waals surface area contributed by atoms with Gasteiger partial charge < -0.3 is 5.11 Å². The van der Waals surface area contributed by atoms with Gasteiger partial charge in [-0.2, -0.15) is 4.37 Å². The van der Waals surface area contributed by atoms with Crippen molar-refractivity contribution in [3.8, 4) is 23.1 Å². The SMILES string of the molecule is OCCC#Cc1ccc2c(-c3ccc(Cl)cc3)nsc2c1. The summed E-state index contributed by atoms with van der Waals surface area (Å²) in [6.07, 6.45) is 0.497. The van der Waals surface area contributed by atoms with Gasteiger partial charge in [0.2, 0.25) is 0 Å². The standard InChI is InChI=1S/C17H12ClNOS/c18-14-7-5-13(6-8-14)17-15-9-4-12(3-1-2-10-20)11-16(15)21-19-17/h4-9,11,20H,2,10H2. The second-order valence-electron chi connectivity index (χ2n) is 4.52. The lowest BCUT2D eigenvalue weighted by molar-refractivity contribution is 0.305. The predicted octanol–water partition coefficient (Wildman–Crippen LogP) is 4.35. The third kappa shape index (κ3) is 3.08. The van der Waals surface area contributed by atoms with E-state index in [9.17, 15) is 0 Å². The van der Waals surface area contributed by atoms with E-state index in [0.29, 0.717) is 6.42 Å². The second kappa shape index (κ2) is 6.28. The summed E-state index contributed by atoms with van der Waals surface area (Å²) in [4.78, 5) is 0. The van der Waals surface area contributed by atoms with Gasteiger partial charge in [0.05, 0.1) is 17.0 Å². The second-order valence-corrected chi connectivity index (χ2v) is 5.77. The molecule has 0 aliphatic heterocycles. The van der Waals surface area contributed by atoms with Crippen molar-refractivity contribution in [1.29, 1.82) is 0 Å². The summed E-state index contributed by atoms with van der Waals surface area (Å²) in [5.74, 6) is 5.98. The molecule has 0 aliphatic rings. The van der Waals surface area contributed by atoms with E-state index >= 15 is 0 Å². The van der Waals surface area contributed by atoms with E-state index in [1.54, 1.807) is 0 Å². The normalized spacial score (nSPS) is 10.4. The van der Waals surface area contributed by atoms with E-state index in [-0.39, 0.29) is 6.61 Å². The van der Waals surface area contributed by atoms with Gasteiger partial charge in [-0.05, 0) is 35.8 Å². The van der Waals surface area contributed by atoms with Crippen LogP contribution in [0, 0.1) is 11.8 Å². The first-order chi connectivity index (χ1) is 10.3. The van der Waals surface area contributed by atoms with Crippen LogP contribution >= 0.6 is 23.1 Å². The Morgan fingerprint density at radius 2 is 1.95 bits per heavy atom. The van der Waals surface area contributed by atoms with Crippen LogP contribution in [0.5, 0.6) is 0 Å². The molecule has 2 nitrogen and oxygen atoms in total. The Bertz CT molecular complexity index is 827. The molecule has 1 heterocycles. The highest BCUT2D eigenvalue weighted by Gasteiger charge is 2.08. The molecule has 3 aromatic rings. The molecule has 3 rings (SSSR count). The molecule has 2 aromatic carbocycles. The number of benzene rings is 2. The zero-order chi connectivity index (χ0) is 14.7. The number of aliphatic hydroxyl groups is 1. The average Bonchev–Trinajstić information content (AvgIpc) is 2.91. The first-order valence-corrected chi connectivity index (χ1v) is 7.68. The Labute approximate surface area is 132 Å². The minimum absolute atomic E-state index is 0.0938. The largest absolute Gasteiger partial charge is 0.395 e. The molecule has 0 fully saturated rings. The van der Waals surface area contributed by atoms with Crippen LogP contribution in [0.15, 0.2) is 42.5 Å². The monoisotopic (exact) mass is 313 g/mol. The number of rotatable bonds is 2. The number of hydrogen-bond acceptors (Lipinski definition) is 3. The Morgan fingerprint density at radius 3 is 2.71 bits per heavy atom. The maximum atomic E-state index is 8.75. The van der Waals surface area contributed by atoms with Crippen molar-refractivity contribution in [3.05, 3.63) is 53.1 Å². The van der Waals surface area contributed by atoms with Crippen LogP contribution in [0.1, 0.15) is 12.0 Å². The third-order valence-electron chi connectivity index (χ3n) is 3.06. The van der Waals surface area contributed by atoms with Gasteiger partial charge in [0.1, 0.15) is 0 Å². The van der Waals surface area contributed by atoms with Gasteiger partial charge in [-0.25, -0.2) is 0 Å². The Morgan fingerprint density at radius 1 is 1.14 bits per heavy atom. The highest BCUT2D eigenvalue weighted by molar-refractivity contribution is 7.13. The van der Waals surface area contributed by atoms with Gasteiger partial charge >= 0.3 is 0 Å². The third-order valence-corrected chi connectivity index (χ3v) is 4.12. The summed E-state index contributed by atoms with van der Waals surface area (Å²) in [5.41, 5.74) is 2.98. The van der Waals surface area contributed by atoms with E-state index in [1.165, 1.54) is 11.5 Å². The highest BCUT2D eigenvalue weighted by Crippen LogP contribution is 2.31. The Kier molecular flexibility index (Phi) is 4.21. The van der Waals surface area contributed by atoms with E-state index in [0.717, 1.165) is 31.9 Å². The smallest absolute Gasteiger partial charge is 0.0919 e. The number of hydrogen-bond donors (Lipinski definition) is 1. The molecule has 0 atom stereocenters. The van der Waals surface area contributed by atoms with Gasteiger partial charge in [-0.1, -0.05) is 41.6 Å². The first-order valence-electron chi connectivity index (χ1n) is 6.53. The summed E-state index contributed by atoms with van der Waals surface area (Å²) in [6.45, 7) is 0.0938. The zero-order valence-corrected chi connectivity index (χ0v) is 12.7. The van der Waals surface area contributed by atoms with Gasteiger partial charge in [0, 0.05) is 28.0 Å². The molecule has 0 radical (unpaired) electrons. The first kappa shape index (κ1) is 14.1. The minimum atomic E-state index is 0.0938. The van der Waals surface area contributed by atoms with E-state index in [4.69, 9.17) is 16.7 Å². The number of halogens is 1. The lowest BCUT2D eigenvalue weighted by Gasteiger charge is -1.98. The van der Waals surface area contributed by atoms with Crippen LogP contribution in [0.4, 0.5) is 0 Å². The fourth-order valence-corrected chi connectivity index (χ4v) is 3.01. The van der Waals surface area contributed by atoms with Crippen molar-refractivity contribution in [2.75, 3.05) is 6.61 Å². The topological polar surface area (TPSA) is 33.1 Å². The maximum Gasteiger partial charge on any atom is 0.0919 e. The summed E-state index contributed by atoms with van der Waals surface area (Å²) in [7, 11) is 0. The summed E-state index contributed by atoms with van der Waals surface area (Å²) in [5, 5.41) is 10.6. The van der Waals surface area contributed by atoms with Crippen molar-refractivity contribution in [3.63, 3.8) is 0 Å². The molecule has 0 amide bonds. The van der Waals surface area contributed by atoms with E-state index < -0.39 is 0 Å². The molecule has 0 unspecified atom stereocenters. The van der Waals surface area contributed by atoms with Crippen LogP contribution in [0.25, 0.3) is 21.3 Å². The molecule has 21 heavy (non-hydrogen) atoms. The van der Waals surface area contributed by atoms with Gasteiger partial charge in [-0.15, -0.1) is 0 Å². The maximum absolute atomic E-state index is 8.75. The lowest BCUT2D eigenvalue weighted by atomic mass is 10.1. The number of aromatic nitrogens is 1.